The lowest BCUT2D eigenvalue weighted by Crippen LogP contribution is -2.70. The molecule has 6 atom stereocenters. The third-order valence-electron chi connectivity index (χ3n) is 9.34. The first-order valence-corrected chi connectivity index (χ1v) is 15.6. The zero-order valence-electron chi connectivity index (χ0n) is 26.6. The number of imidazole rings is 1. The number of amides is 1. The number of methoxy groups -OCH3 is 1. The molecule has 7 rings (SSSR count). The van der Waals surface area contributed by atoms with E-state index in [1.165, 1.54) is 7.11 Å². The number of esters is 1. The van der Waals surface area contributed by atoms with Gasteiger partial charge in [0.25, 0.3) is 0 Å². The highest BCUT2D eigenvalue weighted by molar-refractivity contribution is 6.10. The fourth-order valence-corrected chi connectivity index (χ4v) is 7.20. The molecule has 1 aromatic carbocycles. The van der Waals surface area contributed by atoms with Crippen LogP contribution in [0.4, 0.5) is 5.95 Å². The molecule has 5 heterocycles. The average molecular weight is 664 g/mol. The smallest absolute Gasteiger partial charge is 0.375 e. The number of anilines is 1. The molecular formula is C32H37N7O9. The Morgan fingerprint density at radius 1 is 1.33 bits per heavy atom. The number of aldehydes is 1. The summed E-state index contributed by atoms with van der Waals surface area (Å²) in [5.41, 5.74) is 6.13. The molecule has 0 saturated carbocycles. The van der Waals surface area contributed by atoms with Crippen LogP contribution in [0.1, 0.15) is 42.9 Å². The minimum atomic E-state index is -1.22. The largest absolute Gasteiger partial charge is 0.496 e. The van der Waals surface area contributed by atoms with Gasteiger partial charge < -0.3 is 43.9 Å². The third kappa shape index (κ3) is 4.86. The normalized spacial score (nSPS) is 29.4. The monoisotopic (exact) mass is 663 g/mol. The van der Waals surface area contributed by atoms with Crippen molar-refractivity contribution in [3.8, 4) is 17.2 Å². The Balaban J connectivity index is 1.37. The molecule has 48 heavy (non-hydrogen) atoms. The standard InChI is InChI=1S/C32H37N7O9/c1-4-46-29(43)24-17(12-40)15(7-10-38-11-9-34-31(38)39-14-35-21-27(39)36-30(33)37-28(21)42)19-22(47-24)18(13-41)23-20(25(19)45-3)16-6-5-8-32(2,44)26(16)48-23/h5-7,9,11-12,16,21,26-27,30,35-36,41,44H,4,8,10,13-14,33H2,1-3H3,(H,37,42)/b15-7+/t16-,21+,26-,27-,30-,32+/m0/s1. The number of nitrogens with two attached hydrogens (primary N) is 1. The Morgan fingerprint density at radius 3 is 2.88 bits per heavy atom. The predicted octanol–water partition coefficient (Wildman–Crippen LogP) is -0.545. The number of allylic oxidation sites excluding steroid dienone is 3. The number of aliphatic hydroxyl groups is 2. The number of hydrogen-bond donors (Lipinski definition) is 6. The Labute approximate surface area is 275 Å². The van der Waals surface area contributed by atoms with Gasteiger partial charge in [-0.25, -0.2) is 9.78 Å². The Bertz CT molecular complexity index is 1780. The highest BCUT2D eigenvalue weighted by Crippen LogP contribution is 2.59. The van der Waals surface area contributed by atoms with Crippen molar-refractivity contribution in [2.45, 2.75) is 69.5 Å². The molecule has 0 radical (unpaired) electrons. The topological polar surface area (TPSA) is 212 Å². The minimum absolute atomic E-state index is 0.0259. The van der Waals surface area contributed by atoms with Gasteiger partial charge >= 0.3 is 5.97 Å². The summed E-state index contributed by atoms with van der Waals surface area (Å²) in [7, 11) is 1.47. The second kappa shape index (κ2) is 12.1. The highest BCUT2D eigenvalue weighted by Gasteiger charge is 2.51. The maximum atomic E-state index is 13.2. The van der Waals surface area contributed by atoms with E-state index in [2.05, 4.69) is 20.9 Å². The quantitative estimate of drug-likeness (QED) is 0.119. The zero-order valence-corrected chi connectivity index (χ0v) is 26.6. The molecule has 2 fully saturated rings. The second-order valence-electron chi connectivity index (χ2n) is 12.3. The number of hydrogen-bond acceptors (Lipinski definition) is 14. The summed E-state index contributed by atoms with van der Waals surface area (Å²) in [5, 5.41) is 30.9. The van der Waals surface area contributed by atoms with E-state index in [4.69, 9.17) is 24.7 Å². The van der Waals surface area contributed by atoms with Crippen molar-refractivity contribution in [3.63, 3.8) is 0 Å². The molecule has 7 N–H and O–H groups in total. The molecule has 0 spiro atoms. The highest BCUT2D eigenvalue weighted by atomic mass is 16.6. The molecule has 5 aliphatic rings. The number of carbonyl (C=O) groups excluding carboxylic acids is 3. The molecule has 0 bridgehead atoms. The van der Waals surface area contributed by atoms with Gasteiger partial charge in [-0.15, -0.1) is 0 Å². The SMILES string of the molecule is CCOC(=O)C1=C(C=O)/C(=C\Cn2ccnc2N2CN[C@H]3C(=O)N[C@@H](N)N[C@H]32)c2c(c(CO)c3c(c2OC)[C@@H]2C=CC[C@@](C)(O)[C@H]2O3)O1. The van der Waals surface area contributed by atoms with Crippen LogP contribution in [0.3, 0.4) is 0 Å². The fourth-order valence-electron chi connectivity index (χ4n) is 7.20. The van der Waals surface area contributed by atoms with Crippen molar-refractivity contribution in [1.29, 1.82) is 0 Å². The molecule has 1 amide bonds. The van der Waals surface area contributed by atoms with Gasteiger partial charge in [0.1, 0.15) is 47.5 Å². The van der Waals surface area contributed by atoms with Crippen LogP contribution in [0.5, 0.6) is 17.2 Å². The van der Waals surface area contributed by atoms with E-state index < -0.39 is 48.7 Å². The van der Waals surface area contributed by atoms with Gasteiger partial charge in [-0.3, -0.25) is 26.0 Å². The number of benzene rings is 1. The van der Waals surface area contributed by atoms with Crippen LogP contribution < -0.4 is 40.8 Å². The van der Waals surface area contributed by atoms with Crippen LogP contribution in [-0.2, 0) is 32.3 Å². The molecule has 1 aromatic heterocycles. The average Bonchev–Trinajstić information content (AvgIpc) is 3.79. The number of aliphatic hydroxyl groups excluding tert-OH is 1. The van der Waals surface area contributed by atoms with Crippen molar-refractivity contribution >= 4 is 29.7 Å². The van der Waals surface area contributed by atoms with Gasteiger partial charge in [-0.2, -0.15) is 0 Å². The number of nitrogens with one attached hydrogen (secondary N) is 3. The number of aromatic nitrogens is 2. The summed E-state index contributed by atoms with van der Waals surface area (Å²) in [6.07, 6.45) is 7.86. The van der Waals surface area contributed by atoms with Crippen molar-refractivity contribution in [2.24, 2.45) is 5.73 Å². The minimum Gasteiger partial charge on any atom is -0.496 e. The molecule has 16 heteroatoms. The number of nitrogens with zero attached hydrogens (tertiary/aromatic N) is 3. The molecule has 254 valence electrons. The number of rotatable bonds is 8. The predicted molar refractivity (Wildman–Crippen MR) is 168 cm³/mol. The molecular weight excluding hydrogens is 626 g/mol. The lowest BCUT2D eigenvalue weighted by molar-refractivity contribution is -0.141. The molecule has 2 aromatic rings. The molecule has 4 aliphatic heterocycles. The lowest BCUT2D eigenvalue weighted by Gasteiger charge is -2.35. The Hall–Kier alpha value is -4.74. The number of carbonyl (C=O) groups is 3. The summed E-state index contributed by atoms with van der Waals surface area (Å²) in [4.78, 5) is 45.0. The van der Waals surface area contributed by atoms with E-state index in [9.17, 15) is 24.6 Å². The van der Waals surface area contributed by atoms with Gasteiger partial charge in [0.2, 0.25) is 17.6 Å². The first-order chi connectivity index (χ1) is 23.1. The fraction of sp³-hybridized carbons (Fsp3) is 0.438. The molecule has 2 saturated heterocycles. The van der Waals surface area contributed by atoms with E-state index in [1.54, 1.807) is 32.3 Å². The lowest BCUT2D eigenvalue weighted by atomic mass is 9.77. The van der Waals surface area contributed by atoms with Crippen LogP contribution in [0.15, 0.2) is 42.0 Å². The third-order valence-corrected chi connectivity index (χ3v) is 9.34. The summed E-state index contributed by atoms with van der Waals surface area (Å²) in [6, 6.07) is -0.559. The van der Waals surface area contributed by atoms with E-state index in [0.717, 1.165) is 0 Å². The number of ether oxygens (including phenoxy) is 4. The Kier molecular flexibility index (Phi) is 7.99. The molecule has 1 aliphatic carbocycles. The zero-order chi connectivity index (χ0) is 33.9. The summed E-state index contributed by atoms with van der Waals surface area (Å²) < 4.78 is 25.5. The summed E-state index contributed by atoms with van der Waals surface area (Å²) in [5.74, 6) is -0.721. The van der Waals surface area contributed by atoms with Crippen molar-refractivity contribution in [2.75, 3.05) is 25.3 Å². The van der Waals surface area contributed by atoms with E-state index in [-0.39, 0.29) is 47.5 Å². The van der Waals surface area contributed by atoms with E-state index >= 15 is 0 Å². The molecule has 0 unspecified atom stereocenters. The maximum Gasteiger partial charge on any atom is 0.375 e. The van der Waals surface area contributed by atoms with E-state index in [1.807, 2.05) is 21.6 Å². The first-order valence-electron chi connectivity index (χ1n) is 15.6. The first kappa shape index (κ1) is 31.8. The maximum absolute atomic E-state index is 13.2. The Morgan fingerprint density at radius 2 is 2.15 bits per heavy atom. The van der Waals surface area contributed by atoms with Crippen molar-refractivity contribution in [3.05, 3.63) is 58.6 Å². The summed E-state index contributed by atoms with van der Waals surface area (Å²) >= 11 is 0. The van der Waals surface area contributed by atoms with Crippen LogP contribution >= 0.6 is 0 Å². The van der Waals surface area contributed by atoms with Gasteiger partial charge in [-0.1, -0.05) is 18.2 Å². The van der Waals surface area contributed by atoms with E-state index in [0.29, 0.717) is 47.8 Å². The van der Waals surface area contributed by atoms with Crippen LogP contribution in [0, 0.1) is 0 Å². The number of fused-ring (bicyclic) bond motifs is 5. The van der Waals surface area contributed by atoms with Crippen molar-refractivity contribution < 1.29 is 43.5 Å². The van der Waals surface area contributed by atoms with Gasteiger partial charge in [0, 0.05) is 36.0 Å². The molecule has 16 nitrogen and oxygen atoms in total. The van der Waals surface area contributed by atoms with Crippen LogP contribution in [0.2, 0.25) is 0 Å². The van der Waals surface area contributed by atoms with Gasteiger partial charge in [0.05, 0.1) is 43.7 Å². The van der Waals surface area contributed by atoms with Crippen LogP contribution in [0.25, 0.3) is 5.57 Å². The second-order valence-corrected chi connectivity index (χ2v) is 12.3. The summed E-state index contributed by atoms with van der Waals surface area (Å²) in [6.45, 7) is 3.25. The van der Waals surface area contributed by atoms with Gasteiger partial charge in [-0.05, 0) is 20.3 Å². The van der Waals surface area contributed by atoms with Crippen LogP contribution in [-0.4, -0.2) is 88.5 Å². The van der Waals surface area contributed by atoms with Crippen molar-refractivity contribution in [1.82, 2.24) is 25.5 Å². The van der Waals surface area contributed by atoms with Gasteiger partial charge in [0.15, 0.2) is 6.29 Å².